The second-order valence-electron chi connectivity index (χ2n) is 5.31. The lowest BCUT2D eigenvalue weighted by Gasteiger charge is -2.05. The highest BCUT2D eigenvalue weighted by Gasteiger charge is 2.14. The Bertz CT molecular complexity index is 1090. The van der Waals surface area contributed by atoms with Gasteiger partial charge in [0.2, 0.25) is 12.1 Å². The number of hydrogen-bond acceptors (Lipinski definition) is 7. The average Bonchev–Trinajstić information content (AvgIpc) is 3.34. The van der Waals surface area contributed by atoms with E-state index in [1.54, 1.807) is 6.33 Å². The second-order valence-corrected chi connectivity index (χ2v) is 6.54. The molecular formula is C16H10ClN5O2S. The Morgan fingerprint density at radius 3 is 3.04 bits per heavy atom. The molecule has 0 fully saturated rings. The van der Waals surface area contributed by atoms with Crippen molar-refractivity contribution in [2.75, 3.05) is 12.1 Å². The molecular weight excluding hydrogens is 362 g/mol. The Kier molecular flexibility index (Phi) is 3.25. The predicted octanol–water partition coefficient (Wildman–Crippen LogP) is 4.00. The normalized spacial score (nSPS) is 12.7. The topological polar surface area (TPSA) is 74.1 Å². The lowest BCUT2D eigenvalue weighted by Crippen LogP contribution is -1.96. The molecule has 25 heavy (non-hydrogen) atoms. The van der Waals surface area contributed by atoms with Crippen LogP contribution in [0.3, 0.4) is 0 Å². The van der Waals surface area contributed by atoms with Gasteiger partial charge in [-0.05, 0) is 35.2 Å². The first kappa shape index (κ1) is 14.5. The fourth-order valence-electron chi connectivity index (χ4n) is 2.62. The average molecular weight is 372 g/mol. The van der Waals surface area contributed by atoms with Crippen LogP contribution < -0.4 is 14.8 Å². The quantitative estimate of drug-likeness (QED) is 0.549. The molecule has 124 valence electrons. The van der Waals surface area contributed by atoms with Crippen molar-refractivity contribution in [1.29, 1.82) is 0 Å². The van der Waals surface area contributed by atoms with E-state index in [2.05, 4.69) is 20.3 Å². The molecule has 1 N–H and O–H groups in total. The van der Waals surface area contributed by atoms with Gasteiger partial charge in [0.25, 0.3) is 0 Å². The van der Waals surface area contributed by atoms with E-state index in [0.717, 1.165) is 27.4 Å². The van der Waals surface area contributed by atoms with Crippen LogP contribution in [0.2, 0.25) is 5.28 Å². The lowest BCUT2D eigenvalue weighted by atomic mass is 10.3. The molecule has 9 heteroatoms. The number of halogens is 1. The third kappa shape index (κ3) is 2.55. The summed E-state index contributed by atoms with van der Waals surface area (Å²) in [4.78, 5) is 13.7. The Labute approximate surface area is 150 Å². The van der Waals surface area contributed by atoms with Crippen molar-refractivity contribution in [3.8, 4) is 17.2 Å². The van der Waals surface area contributed by atoms with Crippen LogP contribution in [0.4, 0.5) is 11.6 Å². The van der Waals surface area contributed by atoms with Gasteiger partial charge in [0.05, 0.1) is 17.3 Å². The van der Waals surface area contributed by atoms with Gasteiger partial charge >= 0.3 is 0 Å². The minimum absolute atomic E-state index is 0.202. The number of ether oxygens (including phenoxy) is 2. The van der Waals surface area contributed by atoms with Crippen molar-refractivity contribution in [1.82, 2.24) is 19.5 Å². The Morgan fingerprint density at radius 1 is 1.16 bits per heavy atom. The third-order valence-corrected chi connectivity index (χ3v) is 4.76. The molecule has 0 aliphatic carbocycles. The van der Waals surface area contributed by atoms with Crippen molar-refractivity contribution >= 4 is 44.8 Å². The minimum atomic E-state index is 0.202. The van der Waals surface area contributed by atoms with E-state index >= 15 is 0 Å². The minimum Gasteiger partial charge on any atom is -0.454 e. The van der Waals surface area contributed by atoms with Gasteiger partial charge in [0, 0.05) is 6.07 Å². The number of nitrogens with one attached hydrogen (secondary N) is 1. The van der Waals surface area contributed by atoms with Crippen LogP contribution in [0.1, 0.15) is 0 Å². The molecule has 0 atom stereocenters. The number of aromatic nitrogens is 4. The van der Waals surface area contributed by atoms with Crippen molar-refractivity contribution in [2.45, 2.75) is 0 Å². The summed E-state index contributed by atoms with van der Waals surface area (Å²) in [6, 6.07) is 7.68. The molecule has 0 saturated heterocycles. The smallest absolute Gasteiger partial charge is 0.231 e. The van der Waals surface area contributed by atoms with Crippen LogP contribution in [0, 0.1) is 0 Å². The molecule has 0 radical (unpaired) electrons. The van der Waals surface area contributed by atoms with Crippen molar-refractivity contribution < 1.29 is 9.47 Å². The molecule has 0 amide bonds. The van der Waals surface area contributed by atoms with Gasteiger partial charge in [-0.25, -0.2) is 9.97 Å². The summed E-state index contributed by atoms with van der Waals surface area (Å²) < 4.78 is 12.6. The molecule has 4 heterocycles. The highest BCUT2D eigenvalue weighted by atomic mass is 35.5. The number of nitrogens with zero attached hydrogens (tertiary/aromatic N) is 4. The maximum Gasteiger partial charge on any atom is 0.231 e. The van der Waals surface area contributed by atoms with Crippen LogP contribution in [-0.4, -0.2) is 26.3 Å². The van der Waals surface area contributed by atoms with Crippen molar-refractivity contribution in [3.05, 3.63) is 47.5 Å². The summed E-state index contributed by atoms with van der Waals surface area (Å²) in [5.41, 5.74) is 0.922. The molecule has 0 spiro atoms. The summed E-state index contributed by atoms with van der Waals surface area (Å²) in [6.07, 6.45) is 3.58. The van der Waals surface area contributed by atoms with E-state index in [4.69, 9.17) is 21.1 Å². The summed E-state index contributed by atoms with van der Waals surface area (Å²) in [5.74, 6) is 2.76. The Morgan fingerprint density at radius 2 is 2.08 bits per heavy atom. The first-order valence-electron chi connectivity index (χ1n) is 7.38. The van der Waals surface area contributed by atoms with E-state index in [1.165, 1.54) is 11.3 Å². The summed E-state index contributed by atoms with van der Waals surface area (Å²) in [6.45, 7) is 0.251. The van der Waals surface area contributed by atoms with Gasteiger partial charge in [0.15, 0.2) is 11.5 Å². The zero-order valence-electron chi connectivity index (χ0n) is 12.6. The van der Waals surface area contributed by atoms with E-state index in [9.17, 15) is 0 Å². The molecule has 3 aromatic heterocycles. The fraction of sp³-hybridized carbons (Fsp3) is 0.0625. The fourth-order valence-corrected chi connectivity index (χ4v) is 3.60. The summed E-state index contributed by atoms with van der Waals surface area (Å²) in [5, 5.41) is 6.26. The highest BCUT2D eigenvalue weighted by Crippen LogP contribution is 2.34. The molecule has 0 saturated carbocycles. The number of anilines is 2. The van der Waals surface area contributed by atoms with Gasteiger partial charge < -0.3 is 19.4 Å². The number of rotatable bonds is 3. The van der Waals surface area contributed by atoms with E-state index in [1.807, 2.05) is 40.4 Å². The molecule has 0 bridgehead atoms. The van der Waals surface area contributed by atoms with Crippen LogP contribution >= 0.6 is 22.9 Å². The standard InChI is InChI=1S/C16H10ClN5O2S/c17-16-20-14(10-3-4-25-15(10)21-16)19-13-6-22(7-18-13)9-1-2-11-12(5-9)24-8-23-11/h1-7H,8H2,(H,19,20,21). The zero-order valence-corrected chi connectivity index (χ0v) is 14.2. The van der Waals surface area contributed by atoms with Crippen molar-refractivity contribution in [2.24, 2.45) is 0 Å². The maximum atomic E-state index is 6.00. The van der Waals surface area contributed by atoms with Gasteiger partial charge in [-0.2, -0.15) is 4.98 Å². The lowest BCUT2D eigenvalue weighted by molar-refractivity contribution is 0.174. The predicted molar refractivity (Wildman–Crippen MR) is 95.4 cm³/mol. The first-order chi connectivity index (χ1) is 12.3. The molecule has 5 rings (SSSR count). The number of imidazole rings is 1. The monoisotopic (exact) mass is 371 g/mol. The second kappa shape index (κ2) is 5.61. The number of benzene rings is 1. The first-order valence-corrected chi connectivity index (χ1v) is 8.64. The SMILES string of the molecule is Clc1nc(Nc2cn(-c3ccc4c(c3)OCO4)cn2)c2ccsc2n1. The van der Waals surface area contributed by atoms with Crippen LogP contribution in [-0.2, 0) is 0 Å². The van der Waals surface area contributed by atoms with Crippen LogP contribution in [0.25, 0.3) is 15.9 Å². The molecule has 7 nitrogen and oxygen atoms in total. The van der Waals surface area contributed by atoms with E-state index < -0.39 is 0 Å². The molecule has 1 aromatic carbocycles. The summed E-state index contributed by atoms with van der Waals surface area (Å²) in [7, 11) is 0. The van der Waals surface area contributed by atoms with Crippen LogP contribution in [0.5, 0.6) is 11.5 Å². The Balaban J connectivity index is 1.47. The molecule has 4 aromatic rings. The molecule has 1 aliphatic rings. The zero-order chi connectivity index (χ0) is 16.8. The maximum absolute atomic E-state index is 6.00. The van der Waals surface area contributed by atoms with Gasteiger partial charge in [-0.1, -0.05) is 0 Å². The van der Waals surface area contributed by atoms with E-state index in [-0.39, 0.29) is 12.1 Å². The molecule has 1 aliphatic heterocycles. The van der Waals surface area contributed by atoms with Crippen molar-refractivity contribution in [3.63, 3.8) is 0 Å². The third-order valence-electron chi connectivity index (χ3n) is 3.78. The van der Waals surface area contributed by atoms with Gasteiger partial charge in [0.1, 0.15) is 22.8 Å². The summed E-state index contributed by atoms with van der Waals surface area (Å²) >= 11 is 7.51. The molecule has 0 unspecified atom stereocenters. The highest BCUT2D eigenvalue weighted by molar-refractivity contribution is 7.16. The van der Waals surface area contributed by atoms with Gasteiger partial charge in [-0.3, -0.25) is 0 Å². The Hall–Kier alpha value is -2.84. The van der Waals surface area contributed by atoms with Gasteiger partial charge in [-0.15, -0.1) is 11.3 Å². The number of thiophene rings is 1. The van der Waals surface area contributed by atoms with E-state index in [0.29, 0.717) is 11.6 Å². The van der Waals surface area contributed by atoms with Crippen LogP contribution in [0.15, 0.2) is 42.2 Å². The number of fused-ring (bicyclic) bond motifs is 2. The largest absolute Gasteiger partial charge is 0.454 e. The number of hydrogen-bond donors (Lipinski definition) is 1.